The van der Waals surface area contributed by atoms with Crippen LogP contribution in [0.2, 0.25) is 0 Å². The molecule has 0 spiro atoms. The summed E-state index contributed by atoms with van der Waals surface area (Å²) in [6, 6.07) is 41.6. The Bertz CT molecular complexity index is 2200. The summed E-state index contributed by atoms with van der Waals surface area (Å²) in [6.07, 6.45) is 3.90. The van der Waals surface area contributed by atoms with E-state index >= 15 is 0 Å². The lowest BCUT2D eigenvalue weighted by Gasteiger charge is -2.39. The molecule has 7 nitrogen and oxygen atoms in total. The molecule has 0 amide bonds. The number of hydrogen-bond donors (Lipinski definition) is 1. The highest BCUT2D eigenvalue weighted by Gasteiger charge is 2.40. The number of imidazole rings is 1. The third-order valence-corrected chi connectivity index (χ3v) is 9.38. The van der Waals surface area contributed by atoms with Gasteiger partial charge >= 0.3 is 5.97 Å². The Balaban J connectivity index is 1.37. The first-order valence-electron chi connectivity index (χ1n) is 16.0. The summed E-state index contributed by atoms with van der Waals surface area (Å²) < 4.78 is 9.10. The van der Waals surface area contributed by atoms with Gasteiger partial charge in [0.25, 0.3) is 5.56 Å². The van der Waals surface area contributed by atoms with Crippen LogP contribution in [0.1, 0.15) is 27.9 Å². The molecule has 0 unspecified atom stereocenters. The summed E-state index contributed by atoms with van der Waals surface area (Å²) in [5.41, 5.74) is 6.61. The fraction of sp³-hybridized carbons (Fsp3) is 0.146. The number of rotatable bonds is 9. The van der Waals surface area contributed by atoms with Crippen molar-refractivity contribution in [3.05, 3.63) is 178 Å². The molecule has 3 heterocycles. The number of methoxy groups -OCH3 is 1. The normalized spacial score (nSPS) is 12.3. The molecule has 0 saturated heterocycles. The summed E-state index contributed by atoms with van der Waals surface area (Å²) in [7, 11) is 3.22. The molecule has 1 atom stereocenters. The largest absolute Gasteiger partial charge is 0.468 e. The second kappa shape index (κ2) is 12.8. The molecule has 7 heteroatoms. The minimum atomic E-state index is -0.884. The molecule has 0 bridgehead atoms. The highest BCUT2D eigenvalue weighted by atomic mass is 16.5. The third-order valence-electron chi connectivity index (χ3n) is 9.38. The molecular weight excluding hydrogens is 596 g/mol. The molecule has 0 aliphatic heterocycles. The second-order valence-electron chi connectivity index (χ2n) is 12.0. The van der Waals surface area contributed by atoms with E-state index in [0.717, 1.165) is 44.4 Å². The first-order chi connectivity index (χ1) is 23.4. The summed E-state index contributed by atoms with van der Waals surface area (Å²) in [5, 5.41) is 4.81. The van der Waals surface area contributed by atoms with Gasteiger partial charge in [0.1, 0.15) is 11.7 Å². The summed E-state index contributed by atoms with van der Waals surface area (Å²) >= 11 is 0. The van der Waals surface area contributed by atoms with Crippen LogP contribution in [0.3, 0.4) is 0 Å². The first kappa shape index (κ1) is 30.8. The van der Waals surface area contributed by atoms with Crippen LogP contribution in [0.25, 0.3) is 27.7 Å². The van der Waals surface area contributed by atoms with Crippen LogP contribution in [-0.4, -0.2) is 33.1 Å². The van der Waals surface area contributed by atoms with Crippen LogP contribution in [0.4, 0.5) is 0 Å². The van der Waals surface area contributed by atoms with Crippen molar-refractivity contribution in [2.45, 2.75) is 24.9 Å². The molecule has 0 saturated carbocycles. The zero-order chi connectivity index (χ0) is 33.3. The number of pyridine rings is 2. The Hall–Kier alpha value is -5.79. The predicted molar refractivity (Wildman–Crippen MR) is 190 cm³/mol. The van der Waals surface area contributed by atoms with E-state index in [1.807, 2.05) is 109 Å². The number of benzene rings is 4. The average Bonchev–Trinajstić information content (AvgIpc) is 3.65. The smallest absolute Gasteiger partial charge is 0.323 e. The van der Waals surface area contributed by atoms with Gasteiger partial charge in [0.05, 0.1) is 23.7 Å². The maximum Gasteiger partial charge on any atom is 0.323 e. The number of carbonyl (C=O) groups excluding carboxylic acids is 1. The van der Waals surface area contributed by atoms with Crippen molar-refractivity contribution < 1.29 is 9.53 Å². The Morgan fingerprint density at radius 3 is 1.96 bits per heavy atom. The van der Waals surface area contributed by atoms with Gasteiger partial charge in [-0.1, -0.05) is 109 Å². The fourth-order valence-corrected chi connectivity index (χ4v) is 7.02. The monoisotopic (exact) mass is 632 g/mol. The highest BCUT2D eigenvalue weighted by molar-refractivity contribution is 5.91. The lowest BCUT2D eigenvalue weighted by Crippen LogP contribution is -2.53. The minimum Gasteiger partial charge on any atom is -0.468 e. The van der Waals surface area contributed by atoms with E-state index in [-0.39, 0.29) is 5.56 Å². The van der Waals surface area contributed by atoms with Crippen molar-refractivity contribution in [2.24, 2.45) is 7.05 Å². The lowest BCUT2D eigenvalue weighted by atomic mass is 9.76. The van der Waals surface area contributed by atoms with E-state index in [0.29, 0.717) is 17.6 Å². The number of nitrogens with one attached hydrogen (secondary N) is 1. The molecule has 238 valence electrons. The fourth-order valence-electron chi connectivity index (χ4n) is 7.02. The van der Waals surface area contributed by atoms with E-state index in [1.54, 1.807) is 17.8 Å². The number of nitrogens with zero attached hydrogens (tertiary/aromatic N) is 3. The molecule has 0 fully saturated rings. The second-order valence-corrected chi connectivity index (χ2v) is 12.0. The predicted octanol–water partition coefficient (Wildman–Crippen LogP) is 6.83. The van der Waals surface area contributed by atoms with E-state index in [4.69, 9.17) is 9.72 Å². The highest BCUT2D eigenvalue weighted by Crippen LogP contribution is 2.38. The van der Waals surface area contributed by atoms with Gasteiger partial charge in [0.2, 0.25) is 0 Å². The van der Waals surface area contributed by atoms with Crippen LogP contribution >= 0.6 is 0 Å². The molecule has 48 heavy (non-hydrogen) atoms. The number of ether oxygens (including phenoxy) is 1. The van der Waals surface area contributed by atoms with Crippen LogP contribution in [-0.2, 0) is 28.5 Å². The zero-order valence-electron chi connectivity index (χ0n) is 27.1. The van der Waals surface area contributed by atoms with Crippen molar-refractivity contribution >= 4 is 22.5 Å². The summed E-state index contributed by atoms with van der Waals surface area (Å²) in [6.45, 7) is 1.99. The van der Waals surface area contributed by atoms with E-state index < -0.39 is 17.6 Å². The Kier molecular flexibility index (Phi) is 8.21. The van der Waals surface area contributed by atoms with Crippen LogP contribution in [0.5, 0.6) is 0 Å². The van der Waals surface area contributed by atoms with Crippen LogP contribution in [0.15, 0.2) is 145 Å². The van der Waals surface area contributed by atoms with E-state index in [1.165, 1.54) is 7.11 Å². The Labute approximate surface area is 279 Å². The molecule has 7 aromatic rings. The van der Waals surface area contributed by atoms with Gasteiger partial charge in [0, 0.05) is 42.5 Å². The van der Waals surface area contributed by atoms with Crippen molar-refractivity contribution in [1.82, 2.24) is 19.3 Å². The molecule has 0 aliphatic carbocycles. The van der Waals surface area contributed by atoms with Gasteiger partial charge in [-0.25, -0.2) is 4.98 Å². The number of para-hydroxylation sites is 1. The lowest BCUT2D eigenvalue weighted by molar-refractivity contribution is -0.143. The summed E-state index contributed by atoms with van der Waals surface area (Å²) in [5.74, 6) is -0.390. The van der Waals surface area contributed by atoms with Gasteiger partial charge in [-0.05, 0) is 47.4 Å². The van der Waals surface area contributed by atoms with Gasteiger partial charge in [-0.2, -0.15) is 0 Å². The van der Waals surface area contributed by atoms with E-state index in [2.05, 4.69) is 41.7 Å². The number of aryl methyl sites for hydroxylation is 2. The number of esters is 1. The molecular formula is C41H36N4O3. The topological polar surface area (TPSA) is 77.6 Å². The van der Waals surface area contributed by atoms with Crippen molar-refractivity contribution in [3.8, 4) is 11.1 Å². The van der Waals surface area contributed by atoms with Gasteiger partial charge in [0.15, 0.2) is 0 Å². The molecule has 0 aliphatic rings. The van der Waals surface area contributed by atoms with Crippen LogP contribution in [0, 0.1) is 6.92 Å². The zero-order valence-corrected chi connectivity index (χ0v) is 27.1. The minimum absolute atomic E-state index is 0.0867. The van der Waals surface area contributed by atoms with Gasteiger partial charge in [-0.15, -0.1) is 0 Å². The van der Waals surface area contributed by atoms with Crippen LogP contribution < -0.4 is 10.9 Å². The maximum absolute atomic E-state index is 13.8. The number of aromatic nitrogens is 3. The molecule has 1 N–H and O–H groups in total. The maximum atomic E-state index is 13.8. The number of hydrogen-bond acceptors (Lipinski definition) is 5. The average molecular weight is 633 g/mol. The van der Waals surface area contributed by atoms with Gasteiger partial charge < -0.3 is 13.7 Å². The van der Waals surface area contributed by atoms with E-state index in [9.17, 15) is 9.59 Å². The third kappa shape index (κ3) is 5.18. The molecule has 4 aromatic carbocycles. The number of fused-ring (bicyclic) bond motifs is 2. The first-order valence-corrected chi connectivity index (χ1v) is 16.0. The number of carbonyl (C=O) groups is 1. The Morgan fingerprint density at radius 2 is 1.38 bits per heavy atom. The summed E-state index contributed by atoms with van der Waals surface area (Å²) in [4.78, 5) is 32.2. The SMILES string of the molecule is COC(=O)[C@H](Cc1ccc(-c2c(C)c3ccccc3n(C)c2=O)c2nccn12)NC(c1ccccc1)(c1ccccc1)c1ccccc1. The Morgan fingerprint density at radius 1 is 0.812 bits per heavy atom. The molecule has 0 radical (unpaired) electrons. The molecule has 7 rings (SSSR count). The van der Waals surface area contributed by atoms with Crippen molar-refractivity contribution in [2.75, 3.05) is 7.11 Å². The van der Waals surface area contributed by atoms with Crippen molar-refractivity contribution in [1.29, 1.82) is 0 Å². The molecule has 3 aromatic heterocycles. The standard InChI is InChI=1S/C41H36N4O3/c1-28-33-21-13-14-22-36(33)44(2)39(46)37(28)34-24-23-32(45-26-25-42-38(34)45)27-35(40(47)48-3)43-41(29-15-7-4-8-16-29,30-17-9-5-10-18-30)31-19-11-6-12-20-31/h4-26,35,43H,27H2,1-3H3/t35-/m0/s1. The van der Waals surface area contributed by atoms with Gasteiger partial charge in [-0.3, -0.25) is 14.9 Å². The van der Waals surface area contributed by atoms with Crippen molar-refractivity contribution in [3.63, 3.8) is 0 Å². The quantitative estimate of drug-likeness (QED) is 0.140.